The Kier molecular flexibility index (Phi) is 5.86. The van der Waals surface area contributed by atoms with Gasteiger partial charge in [-0.3, -0.25) is 14.0 Å². The second kappa shape index (κ2) is 8.49. The number of nitrogens with zero attached hydrogens (tertiary/aromatic N) is 2. The van der Waals surface area contributed by atoms with Crippen LogP contribution >= 0.6 is 0 Å². The Labute approximate surface area is 157 Å². The molecule has 27 heavy (non-hydrogen) atoms. The Morgan fingerprint density at radius 2 is 1.96 bits per heavy atom. The molecule has 1 aromatic carbocycles. The van der Waals surface area contributed by atoms with E-state index in [-0.39, 0.29) is 24.6 Å². The molecule has 2 heterocycles. The molecule has 0 aliphatic carbocycles. The fourth-order valence-electron chi connectivity index (χ4n) is 2.67. The molecule has 0 saturated heterocycles. The van der Waals surface area contributed by atoms with E-state index in [0.29, 0.717) is 24.4 Å². The fraction of sp³-hybridized carbons (Fsp3) is 0.286. The third-order valence-electron chi connectivity index (χ3n) is 4.03. The van der Waals surface area contributed by atoms with Crippen molar-refractivity contribution in [3.05, 3.63) is 75.8 Å². The van der Waals surface area contributed by atoms with Crippen molar-refractivity contribution >= 4 is 11.6 Å². The van der Waals surface area contributed by atoms with Crippen molar-refractivity contribution in [3.8, 4) is 5.75 Å². The lowest BCUT2D eigenvalue weighted by molar-refractivity contribution is -0.145. The second-order valence-corrected chi connectivity index (χ2v) is 6.45. The van der Waals surface area contributed by atoms with Crippen LogP contribution < -0.4 is 10.3 Å². The van der Waals surface area contributed by atoms with Crippen molar-refractivity contribution in [2.45, 2.75) is 33.3 Å². The number of hydrogen-bond donors (Lipinski definition) is 0. The standard InChI is InChI=1S/C21H22N2O4/c1-15-5-3-6-18(11-15)26-10-4-7-21(25)27-14-17-12-20(24)23-13-16(2)8-9-19(23)22-17/h3,5-6,8-9,11-13H,4,7,10,14H2,1-2H3. The molecule has 0 fully saturated rings. The number of aryl methyl sites for hydroxylation is 2. The summed E-state index contributed by atoms with van der Waals surface area (Å²) in [7, 11) is 0. The average Bonchev–Trinajstić information content (AvgIpc) is 2.64. The van der Waals surface area contributed by atoms with Crippen molar-refractivity contribution in [1.29, 1.82) is 0 Å². The summed E-state index contributed by atoms with van der Waals surface area (Å²) in [4.78, 5) is 28.4. The van der Waals surface area contributed by atoms with Gasteiger partial charge in [0.15, 0.2) is 0 Å². The first-order chi connectivity index (χ1) is 13.0. The second-order valence-electron chi connectivity index (χ2n) is 6.45. The molecule has 0 amide bonds. The van der Waals surface area contributed by atoms with E-state index in [1.807, 2.05) is 44.2 Å². The van der Waals surface area contributed by atoms with Crippen molar-refractivity contribution in [2.75, 3.05) is 6.61 Å². The van der Waals surface area contributed by atoms with Crippen LogP contribution in [-0.2, 0) is 16.1 Å². The van der Waals surface area contributed by atoms with Crippen molar-refractivity contribution in [1.82, 2.24) is 9.38 Å². The number of carbonyl (C=O) groups is 1. The molecular weight excluding hydrogens is 344 g/mol. The number of esters is 1. The lowest BCUT2D eigenvalue weighted by Crippen LogP contribution is -2.17. The lowest BCUT2D eigenvalue weighted by Gasteiger charge is -2.08. The predicted octanol–water partition coefficient (Wildman–Crippen LogP) is 3.21. The summed E-state index contributed by atoms with van der Waals surface area (Å²) in [6, 6.07) is 12.8. The molecule has 140 valence electrons. The Balaban J connectivity index is 1.47. The van der Waals surface area contributed by atoms with Gasteiger partial charge in [-0.1, -0.05) is 18.2 Å². The molecule has 0 unspecified atom stereocenters. The molecule has 0 atom stereocenters. The summed E-state index contributed by atoms with van der Waals surface area (Å²) in [5, 5.41) is 0. The molecule has 0 spiro atoms. The summed E-state index contributed by atoms with van der Waals surface area (Å²) in [5.41, 5.74) is 2.87. The SMILES string of the molecule is Cc1cccc(OCCCC(=O)OCc2cc(=O)n3cc(C)ccc3n2)c1. The number of benzene rings is 1. The zero-order valence-corrected chi connectivity index (χ0v) is 15.5. The molecule has 0 N–H and O–H groups in total. The number of rotatable bonds is 7. The zero-order chi connectivity index (χ0) is 19.2. The van der Waals surface area contributed by atoms with E-state index >= 15 is 0 Å². The quantitative estimate of drug-likeness (QED) is 0.474. The third kappa shape index (κ3) is 5.17. The highest BCUT2D eigenvalue weighted by atomic mass is 16.5. The van der Waals surface area contributed by atoms with Gasteiger partial charge in [0.05, 0.1) is 12.3 Å². The van der Waals surface area contributed by atoms with Crippen LogP contribution in [0.25, 0.3) is 5.65 Å². The smallest absolute Gasteiger partial charge is 0.306 e. The van der Waals surface area contributed by atoms with Crippen LogP contribution in [0.5, 0.6) is 5.75 Å². The Morgan fingerprint density at radius 1 is 1.11 bits per heavy atom. The maximum absolute atomic E-state index is 12.1. The van der Waals surface area contributed by atoms with Crippen LogP contribution in [0.1, 0.15) is 29.7 Å². The van der Waals surface area contributed by atoms with Crippen LogP contribution in [0, 0.1) is 13.8 Å². The van der Waals surface area contributed by atoms with E-state index in [2.05, 4.69) is 4.98 Å². The minimum atomic E-state index is -0.339. The number of aromatic nitrogens is 2. The number of hydrogen-bond acceptors (Lipinski definition) is 5. The van der Waals surface area contributed by atoms with Gasteiger partial charge in [-0.15, -0.1) is 0 Å². The Bertz CT molecular complexity index is 1010. The van der Waals surface area contributed by atoms with E-state index in [1.165, 1.54) is 10.5 Å². The molecule has 3 aromatic rings. The minimum absolute atomic E-state index is 0.0167. The topological polar surface area (TPSA) is 69.9 Å². The molecule has 0 radical (unpaired) electrons. The molecule has 0 bridgehead atoms. The van der Waals surface area contributed by atoms with Gasteiger partial charge >= 0.3 is 5.97 Å². The monoisotopic (exact) mass is 366 g/mol. The highest BCUT2D eigenvalue weighted by Gasteiger charge is 2.07. The molecule has 6 heteroatoms. The van der Waals surface area contributed by atoms with Crippen molar-refractivity contribution < 1.29 is 14.3 Å². The van der Waals surface area contributed by atoms with E-state index in [4.69, 9.17) is 9.47 Å². The molecule has 0 saturated carbocycles. The third-order valence-corrected chi connectivity index (χ3v) is 4.03. The van der Waals surface area contributed by atoms with Crippen LogP contribution in [0.4, 0.5) is 0 Å². The molecule has 3 rings (SSSR count). The summed E-state index contributed by atoms with van der Waals surface area (Å²) in [6.45, 7) is 4.33. The minimum Gasteiger partial charge on any atom is -0.494 e. The van der Waals surface area contributed by atoms with Gasteiger partial charge in [0.25, 0.3) is 5.56 Å². The number of pyridine rings is 1. The van der Waals surface area contributed by atoms with E-state index in [0.717, 1.165) is 16.9 Å². The van der Waals surface area contributed by atoms with Crippen molar-refractivity contribution in [3.63, 3.8) is 0 Å². The maximum Gasteiger partial charge on any atom is 0.306 e. The van der Waals surface area contributed by atoms with Crippen LogP contribution in [0.15, 0.2) is 53.5 Å². The fourth-order valence-corrected chi connectivity index (χ4v) is 2.67. The summed E-state index contributed by atoms with van der Waals surface area (Å²) >= 11 is 0. The average molecular weight is 366 g/mol. The van der Waals surface area contributed by atoms with Gasteiger partial charge in [0, 0.05) is 18.7 Å². The number of fused-ring (bicyclic) bond motifs is 1. The number of carbonyl (C=O) groups excluding carboxylic acids is 1. The van der Waals surface area contributed by atoms with Gasteiger partial charge in [0.2, 0.25) is 0 Å². The zero-order valence-electron chi connectivity index (χ0n) is 15.5. The van der Waals surface area contributed by atoms with Gasteiger partial charge in [0.1, 0.15) is 18.0 Å². The van der Waals surface area contributed by atoms with Crippen LogP contribution in [0.3, 0.4) is 0 Å². The lowest BCUT2D eigenvalue weighted by atomic mass is 10.2. The Hall–Kier alpha value is -3.15. The first-order valence-corrected chi connectivity index (χ1v) is 8.85. The summed E-state index contributed by atoms with van der Waals surface area (Å²) in [6.07, 6.45) is 2.53. The highest BCUT2D eigenvalue weighted by Crippen LogP contribution is 2.13. The predicted molar refractivity (Wildman–Crippen MR) is 102 cm³/mol. The molecule has 2 aromatic heterocycles. The summed E-state index contributed by atoms with van der Waals surface area (Å²) < 4.78 is 12.3. The van der Waals surface area contributed by atoms with Gasteiger partial charge in [-0.25, -0.2) is 4.98 Å². The normalized spacial score (nSPS) is 10.7. The van der Waals surface area contributed by atoms with Crippen LogP contribution in [-0.4, -0.2) is 22.0 Å². The summed E-state index contributed by atoms with van der Waals surface area (Å²) in [5.74, 6) is 0.452. The van der Waals surface area contributed by atoms with E-state index < -0.39 is 0 Å². The van der Waals surface area contributed by atoms with E-state index in [1.54, 1.807) is 12.3 Å². The molecule has 6 nitrogen and oxygen atoms in total. The van der Waals surface area contributed by atoms with Gasteiger partial charge < -0.3 is 9.47 Å². The van der Waals surface area contributed by atoms with Gasteiger partial charge in [-0.05, 0) is 49.6 Å². The van der Waals surface area contributed by atoms with Crippen molar-refractivity contribution in [2.24, 2.45) is 0 Å². The van der Waals surface area contributed by atoms with Gasteiger partial charge in [-0.2, -0.15) is 0 Å². The Morgan fingerprint density at radius 3 is 2.78 bits per heavy atom. The first kappa shape index (κ1) is 18.6. The number of ether oxygens (including phenoxy) is 2. The van der Waals surface area contributed by atoms with Crippen LogP contribution in [0.2, 0.25) is 0 Å². The van der Waals surface area contributed by atoms with E-state index in [9.17, 15) is 9.59 Å². The molecular formula is C21H22N2O4. The highest BCUT2D eigenvalue weighted by molar-refractivity contribution is 5.69. The molecule has 0 aliphatic heterocycles. The largest absolute Gasteiger partial charge is 0.494 e. The molecule has 0 aliphatic rings. The first-order valence-electron chi connectivity index (χ1n) is 8.85. The maximum atomic E-state index is 12.1.